The first-order valence-corrected chi connectivity index (χ1v) is 15.3. The summed E-state index contributed by atoms with van der Waals surface area (Å²) in [7, 11) is 0. The maximum absolute atomic E-state index is 13.3. The van der Waals surface area contributed by atoms with E-state index >= 15 is 0 Å². The molecule has 0 atom stereocenters. The molecule has 4 N–H and O–H groups in total. The largest absolute Gasteiger partial charge is 0.462 e. The van der Waals surface area contributed by atoms with Crippen molar-refractivity contribution in [3.8, 4) is 0 Å². The number of benzene rings is 1. The van der Waals surface area contributed by atoms with E-state index < -0.39 is 17.1 Å². The Balaban J connectivity index is 1.21. The highest BCUT2D eigenvalue weighted by molar-refractivity contribution is 6.11. The number of fused-ring (bicyclic) bond motifs is 1. The zero-order chi connectivity index (χ0) is 31.6. The van der Waals surface area contributed by atoms with Gasteiger partial charge in [-0.2, -0.15) is 0 Å². The molecule has 44 heavy (non-hydrogen) atoms. The van der Waals surface area contributed by atoms with Crippen molar-refractivity contribution in [1.29, 1.82) is 0 Å². The van der Waals surface area contributed by atoms with E-state index in [2.05, 4.69) is 15.2 Å². The molecule has 0 radical (unpaired) electrons. The van der Waals surface area contributed by atoms with Gasteiger partial charge in [-0.3, -0.25) is 19.7 Å². The van der Waals surface area contributed by atoms with Crippen LogP contribution in [0.1, 0.15) is 81.8 Å². The average molecular weight is 605 g/mol. The van der Waals surface area contributed by atoms with Crippen LogP contribution in [0.15, 0.2) is 46.1 Å². The Kier molecular flexibility index (Phi) is 8.99. The lowest BCUT2D eigenvalue weighted by Gasteiger charge is -2.41. The van der Waals surface area contributed by atoms with E-state index in [9.17, 15) is 14.7 Å². The molecule has 2 fully saturated rings. The van der Waals surface area contributed by atoms with Crippen molar-refractivity contribution >= 4 is 40.7 Å². The van der Waals surface area contributed by atoms with Gasteiger partial charge in [0, 0.05) is 67.1 Å². The van der Waals surface area contributed by atoms with Crippen molar-refractivity contribution in [2.24, 2.45) is 4.99 Å². The first-order chi connectivity index (χ1) is 20.8. The van der Waals surface area contributed by atoms with Crippen LogP contribution in [-0.4, -0.2) is 82.0 Å². The Morgan fingerprint density at radius 3 is 2.48 bits per heavy atom. The van der Waals surface area contributed by atoms with Gasteiger partial charge in [0.2, 0.25) is 0 Å². The second-order valence-corrected chi connectivity index (χ2v) is 13.3. The molecule has 2 aliphatic rings. The van der Waals surface area contributed by atoms with E-state index in [1.165, 1.54) is 6.26 Å². The lowest BCUT2D eigenvalue weighted by Crippen LogP contribution is -2.53. The molecular formula is C33H44N6O5. The number of nitrogen functional groups attached to an aromatic ring is 1. The minimum absolute atomic E-state index is 0.170. The van der Waals surface area contributed by atoms with Crippen LogP contribution < -0.4 is 11.1 Å². The number of nitrogens with zero attached hydrogens (tertiary/aromatic N) is 4. The van der Waals surface area contributed by atoms with E-state index in [-0.39, 0.29) is 12.1 Å². The third kappa shape index (κ3) is 7.39. The van der Waals surface area contributed by atoms with Crippen LogP contribution in [0, 0.1) is 0 Å². The van der Waals surface area contributed by atoms with Crippen molar-refractivity contribution in [2.75, 3.05) is 37.2 Å². The number of rotatable bonds is 6. The number of nitrogens with one attached hydrogen (secondary N) is 1. The highest BCUT2D eigenvalue weighted by Gasteiger charge is 2.31. The summed E-state index contributed by atoms with van der Waals surface area (Å²) in [5, 5.41) is 13.8. The third-order valence-corrected chi connectivity index (χ3v) is 8.28. The molecule has 11 nitrogen and oxygen atoms in total. The predicted molar refractivity (Wildman–Crippen MR) is 171 cm³/mol. The maximum Gasteiger partial charge on any atom is 0.410 e. The Morgan fingerprint density at radius 1 is 1.11 bits per heavy atom. The van der Waals surface area contributed by atoms with E-state index in [0.29, 0.717) is 58.3 Å². The van der Waals surface area contributed by atoms with Gasteiger partial charge >= 0.3 is 6.09 Å². The first-order valence-electron chi connectivity index (χ1n) is 15.3. The number of pyridine rings is 1. The minimum Gasteiger partial charge on any atom is -0.462 e. The van der Waals surface area contributed by atoms with Gasteiger partial charge in [-0.05, 0) is 84.6 Å². The van der Waals surface area contributed by atoms with Crippen molar-refractivity contribution < 1.29 is 23.8 Å². The van der Waals surface area contributed by atoms with Crippen molar-refractivity contribution in [3.63, 3.8) is 0 Å². The molecule has 1 aliphatic carbocycles. The molecule has 1 aromatic carbocycles. The van der Waals surface area contributed by atoms with E-state index in [4.69, 9.17) is 19.9 Å². The standard InChI is InChI=1S/C33H44N6O5/c1-32(2,3)44-31(41)39-15-13-38(14-16-39)23-10-8-22(9-11-23)36-19-21-17-27(25(18-26(21)34)33(4,5)42)37-30(40)24-20-43-28-7-6-12-35-29(24)28/h6-7,12,17-20,22-23,42H,8-11,13-16,34H2,1-5H3,(H,37,40). The SMILES string of the molecule is CC(C)(C)OC(=O)N1CCN(C2CCC(N=Cc3cc(NC(=O)c4coc5cccnc45)c(C(C)(C)O)cc3N)CC2)CC1. The lowest BCUT2D eigenvalue weighted by atomic mass is 9.90. The van der Waals surface area contributed by atoms with Gasteiger partial charge < -0.3 is 30.2 Å². The average Bonchev–Trinajstić information content (AvgIpc) is 3.41. The molecule has 3 aromatic rings. The molecule has 236 valence electrons. The van der Waals surface area contributed by atoms with Gasteiger partial charge in [0.1, 0.15) is 22.9 Å². The number of aliphatic hydroxyl groups is 1. The van der Waals surface area contributed by atoms with Crippen molar-refractivity contribution in [2.45, 2.75) is 83.6 Å². The number of aromatic nitrogens is 1. The van der Waals surface area contributed by atoms with E-state index in [0.717, 1.165) is 38.8 Å². The number of carbonyl (C=O) groups is 2. The number of hydrogen-bond donors (Lipinski definition) is 3. The topological polar surface area (TPSA) is 147 Å². The molecule has 1 saturated heterocycles. The Morgan fingerprint density at radius 2 is 1.82 bits per heavy atom. The molecule has 1 saturated carbocycles. The summed E-state index contributed by atoms with van der Waals surface area (Å²) >= 11 is 0. The molecule has 11 heteroatoms. The number of ether oxygens (including phenoxy) is 1. The van der Waals surface area contributed by atoms with Crippen molar-refractivity contribution in [1.82, 2.24) is 14.8 Å². The predicted octanol–water partition coefficient (Wildman–Crippen LogP) is 5.17. The molecule has 0 bridgehead atoms. The number of amides is 2. The molecule has 0 spiro atoms. The summed E-state index contributed by atoms with van der Waals surface area (Å²) in [6.45, 7) is 12.0. The van der Waals surface area contributed by atoms with Crippen LogP contribution in [0.5, 0.6) is 0 Å². The zero-order valence-corrected chi connectivity index (χ0v) is 26.3. The van der Waals surface area contributed by atoms with Crippen LogP contribution >= 0.6 is 0 Å². The summed E-state index contributed by atoms with van der Waals surface area (Å²) in [5.41, 5.74) is 8.03. The van der Waals surface area contributed by atoms with Crippen LogP contribution in [-0.2, 0) is 10.3 Å². The number of furan rings is 1. The van der Waals surface area contributed by atoms with Crippen LogP contribution in [0.4, 0.5) is 16.2 Å². The fourth-order valence-electron chi connectivity index (χ4n) is 5.93. The normalized spacial score (nSPS) is 20.3. The molecule has 5 rings (SSSR count). The van der Waals surface area contributed by atoms with Crippen LogP contribution in [0.25, 0.3) is 11.1 Å². The van der Waals surface area contributed by atoms with Gasteiger partial charge in [0.25, 0.3) is 5.91 Å². The van der Waals surface area contributed by atoms with Crippen LogP contribution in [0.2, 0.25) is 0 Å². The maximum atomic E-state index is 13.3. The number of carbonyl (C=O) groups excluding carboxylic acids is 2. The van der Waals surface area contributed by atoms with Gasteiger partial charge in [-0.25, -0.2) is 4.79 Å². The van der Waals surface area contributed by atoms with Crippen molar-refractivity contribution in [3.05, 3.63) is 53.4 Å². The summed E-state index contributed by atoms with van der Waals surface area (Å²) in [5.74, 6) is -0.397. The smallest absolute Gasteiger partial charge is 0.410 e. The number of piperazine rings is 1. The van der Waals surface area contributed by atoms with Gasteiger partial charge in [0.15, 0.2) is 5.58 Å². The highest BCUT2D eigenvalue weighted by atomic mass is 16.6. The summed E-state index contributed by atoms with van der Waals surface area (Å²) in [4.78, 5) is 39.1. The van der Waals surface area contributed by atoms with Gasteiger partial charge in [-0.15, -0.1) is 0 Å². The second kappa shape index (κ2) is 12.6. The Bertz CT molecular complexity index is 1520. The quantitative estimate of drug-likeness (QED) is 0.258. The molecular weight excluding hydrogens is 560 g/mol. The molecule has 1 aliphatic heterocycles. The number of nitrogens with two attached hydrogens (primary N) is 1. The number of hydrogen-bond acceptors (Lipinski definition) is 9. The van der Waals surface area contributed by atoms with Crippen LogP contribution in [0.3, 0.4) is 0 Å². The van der Waals surface area contributed by atoms with Gasteiger partial charge in [0.05, 0.1) is 11.6 Å². The molecule has 3 heterocycles. The third-order valence-electron chi connectivity index (χ3n) is 8.28. The second-order valence-electron chi connectivity index (χ2n) is 13.3. The fraction of sp³-hybridized carbons (Fsp3) is 0.515. The fourth-order valence-corrected chi connectivity index (χ4v) is 5.93. The molecule has 2 aromatic heterocycles. The Hall–Kier alpha value is -3.96. The number of aliphatic imine (C=N–C) groups is 1. The number of anilines is 2. The minimum atomic E-state index is -1.25. The zero-order valence-electron chi connectivity index (χ0n) is 26.3. The van der Waals surface area contributed by atoms with Gasteiger partial charge in [-0.1, -0.05) is 0 Å². The lowest BCUT2D eigenvalue weighted by molar-refractivity contribution is 0.00795. The van der Waals surface area contributed by atoms with E-state index in [1.807, 2.05) is 20.8 Å². The summed E-state index contributed by atoms with van der Waals surface area (Å²) < 4.78 is 11.0. The monoisotopic (exact) mass is 604 g/mol. The van der Waals surface area contributed by atoms with E-state index in [1.54, 1.807) is 55.4 Å². The Labute approximate surface area is 258 Å². The summed E-state index contributed by atoms with van der Waals surface area (Å²) in [6.07, 6.45) is 8.52. The first kappa shape index (κ1) is 31.5. The highest BCUT2D eigenvalue weighted by Crippen LogP contribution is 2.33. The summed E-state index contributed by atoms with van der Waals surface area (Å²) in [6, 6.07) is 7.59. The molecule has 0 unspecified atom stereocenters. The molecule has 2 amide bonds.